The fraction of sp³-hybridized carbons (Fsp3) is 0.727. The normalized spacial score (nSPS) is 19.5. The van der Waals surface area contributed by atoms with Gasteiger partial charge < -0.3 is 14.2 Å². The minimum absolute atomic E-state index is 0.280. The molecule has 1 heterocycles. The van der Waals surface area contributed by atoms with E-state index in [1.165, 1.54) is 0 Å². The van der Waals surface area contributed by atoms with Crippen molar-refractivity contribution in [2.24, 2.45) is 0 Å². The maximum absolute atomic E-state index is 11.6. The first-order valence-corrected chi connectivity index (χ1v) is 5.10. The largest absolute Gasteiger partial charge is 0.451 e. The van der Waals surface area contributed by atoms with Gasteiger partial charge in [0.1, 0.15) is 0 Å². The van der Waals surface area contributed by atoms with Crippen LogP contribution in [0.5, 0.6) is 0 Å². The van der Waals surface area contributed by atoms with Crippen molar-refractivity contribution in [3.63, 3.8) is 0 Å². The van der Waals surface area contributed by atoms with E-state index in [2.05, 4.69) is 0 Å². The predicted octanol–water partition coefficient (Wildman–Crippen LogP) is 1.30. The van der Waals surface area contributed by atoms with Crippen LogP contribution in [-0.4, -0.2) is 38.5 Å². The van der Waals surface area contributed by atoms with Crippen LogP contribution in [0.3, 0.4) is 0 Å². The first kappa shape index (κ1) is 12.2. The van der Waals surface area contributed by atoms with Gasteiger partial charge >= 0.3 is 5.97 Å². The van der Waals surface area contributed by atoms with Gasteiger partial charge in [0, 0.05) is 12.7 Å². The molecule has 0 aromatic carbocycles. The van der Waals surface area contributed by atoms with Crippen molar-refractivity contribution in [2.45, 2.75) is 25.9 Å². The molecule has 0 unspecified atom stereocenters. The minimum Gasteiger partial charge on any atom is -0.451 e. The van der Waals surface area contributed by atoms with Crippen LogP contribution in [0.4, 0.5) is 0 Å². The molecule has 0 aromatic heterocycles. The first-order valence-electron chi connectivity index (χ1n) is 5.10. The summed E-state index contributed by atoms with van der Waals surface area (Å²) < 4.78 is 15.3. The Hall–Kier alpha value is -0.870. The standard InChI is InChI=1S/C11H18O4/c1-4-11(7-14-8-11)15-10(12)9(2)5-6-13-3/h5H,4,6-8H2,1-3H3. The molecular weight excluding hydrogens is 196 g/mol. The van der Waals surface area contributed by atoms with Gasteiger partial charge in [0.2, 0.25) is 0 Å². The summed E-state index contributed by atoms with van der Waals surface area (Å²) in [6.45, 7) is 5.16. The van der Waals surface area contributed by atoms with Gasteiger partial charge in [-0.25, -0.2) is 4.79 Å². The summed E-state index contributed by atoms with van der Waals surface area (Å²) in [5.74, 6) is -0.280. The van der Waals surface area contributed by atoms with Gasteiger partial charge in [-0.05, 0) is 19.4 Å². The minimum atomic E-state index is -0.390. The molecule has 0 saturated carbocycles. The van der Waals surface area contributed by atoms with E-state index in [1.807, 2.05) is 6.92 Å². The van der Waals surface area contributed by atoms with E-state index in [9.17, 15) is 4.79 Å². The summed E-state index contributed by atoms with van der Waals surface area (Å²) in [7, 11) is 1.59. The molecule has 1 aliphatic rings. The molecule has 0 atom stereocenters. The van der Waals surface area contributed by atoms with E-state index in [0.29, 0.717) is 25.4 Å². The Morgan fingerprint density at radius 3 is 2.60 bits per heavy atom. The van der Waals surface area contributed by atoms with E-state index in [-0.39, 0.29) is 11.6 Å². The summed E-state index contributed by atoms with van der Waals surface area (Å²) in [6, 6.07) is 0. The molecule has 0 radical (unpaired) electrons. The molecule has 1 rings (SSSR count). The summed E-state index contributed by atoms with van der Waals surface area (Å²) in [5.41, 5.74) is 0.191. The Kier molecular flexibility index (Phi) is 4.29. The third kappa shape index (κ3) is 3.04. The molecule has 4 heteroatoms. The molecule has 0 N–H and O–H groups in total. The van der Waals surface area contributed by atoms with Crippen molar-refractivity contribution in [1.82, 2.24) is 0 Å². The SMILES string of the molecule is CCC1(OC(=O)C(C)=CCOC)COC1. The van der Waals surface area contributed by atoms with Gasteiger partial charge in [-0.2, -0.15) is 0 Å². The Morgan fingerprint density at radius 1 is 1.53 bits per heavy atom. The lowest BCUT2D eigenvalue weighted by atomic mass is 9.98. The number of carbonyl (C=O) groups is 1. The van der Waals surface area contributed by atoms with Gasteiger partial charge in [0.15, 0.2) is 5.60 Å². The smallest absolute Gasteiger partial charge is 0.334 e. The van der Waals surface area contributed by atoms with E-state index < -0.39 is 0 Å². The average Bonchev–Trinajstić information content (AvgIpc) is 2.19. The topological polar surface area (TPSA) is 44.8 Å². The number of carbonyl (C=O) groups excluding carboxylic acids is 1. The van der Waals surface area contributed by atoms with Crippen LogP contribution in [0.2, 0.25) is 0 Å². The number of rotatable bonds is 5. The first-order chi connectivity index (χ1) is 7.13. The van der Waals surface area contributed by atoms with Crippen LogP contribution in [0.25, 0.3) is 0 Å². The van der Waals surface area contributed by atoms with Crippen LogP contribution in [-0.2, 0) is 19.0 Å². The molecule has 1 aliphatic heterocycles. The monoisotopic (exact) mass is 214 g/mol. The highest BCUT2D eigenvalue weighted by molar-refractivity contribution is 5.88. The lowest BCUT2D eigenvalue weighted by Crippen LogP contribution is -2.52. The van der Waals surface area contributed by atoms with Crippen LogP contribution in [0, 0.1) is 0 Å². The van der Waals surface area contributed by atoms with Crippen LogP contribution >= 0.6 is 0 Å². The zero-order valence-electron chi connectivity index (χ0n) is 9.54. The predicted molar refractivity (Wildman–Crippen MR) is 55.6 cm³/mol. The molecule has 1 saturated heterocycles. The second kappa shape index (κ2) is 5.28. The van der Waals surface area contributed by atoms with Gasteiger partial charge in [0.25, 0.3) is 0 Å². The van der Waals surface area contributed by atoms with Gasteiger partial charge in [-0.1, -0.05) is 6.92 Å². The van der Waals surface area contributed by atoms with Crippen LogP contribution < -0.4 is 0 Å². The number of hydrogen-bond donors (Lipinski definition) is 0. The van der Waals surface area contributed by atoms with E-state index >= 15 is 0 Å². The Morgan fingerprint density at radius 2 is 2.20 bits per heavy atom. The van der Waals surface area contributed by atoms with E-state index in [0.717, 1.165) is 6.42 Å². The van der Waals surface area contributed by atoms with Gasteiger partial charge in [-0.3, -0.25) is 0 Å². The lowest BCUT2D eigenvalue weighted by Gasteiger charge is -2.39. The fourth-order valence-corrected chi connectivity index (χ4v) is 1.23. The number of ether oxygens (including phenoxy) is 3. The quantitative estimate of drug-likeness (QED) is 0.511. The van der Waals surface area contributed by atoms with Crippen LogP contribution in [0.1, 0.15) is 20.3 Å². The third-order valence-corrected chi connectivity index (χ3v) is 2.56. The van der Waals surface area contributed by atoms with Gasteiger partial charge in [0.05, 0.1) is 19.8 Å². The maximum Gasteiger partial charge on any atom is 0.334 e. The van der Waals surface area contributed by atoms with Crippen molar-refractivity contribution in [2.75, 3.05) is 26.9 Å². The molecular formula is C11H18O4. The molecule has 0 amide bonds. The molecule has 15 heavy (non-hydrogen) atoms. The van der Waals surface area contributed by atoms with Crippen molar-refractivity contribution in [3.8, 4) is 0 Å². The number of hydrogen-bond acceptors (Lipinski definition) is 4. The molecule has 4 nitrogen and oxygen atoms in total. The number of esters is 1. The summed E-state index contributed by atoms with van der Waals surface area (Å²) >= 11 is 0. The highest BCUT2D eigenvalue weighted by atomic mass is 16.6. The molecule has 86 valence electrons. The van der Waals surface area contributed by atoms with Crippen molar-refractivity contribution >= 4 is 5.97 Å². The van der Waals surface area contributed by atoms with Crippen molar-refractivity contribution in [1.29, 1.82) is 0 Å². The van der Waals surface area contributed by atoms with E-state index in [1.54, 1.807) is 20.1 Å². The zero-order valence-corrected chi connectivity index (χ0v) is 9.54. The zero-order chi connectivity index (χ0) is 11.3. The molecule has 0 aromatic rings. The Balaban J connectivity index is 2.47. The van der Waals surface area contributed by atoms with E-state index in [4.69, 9.17) is 14.2 Å². The molecule has 0 aliphatic carbocycles. The Bertz CT molecular complexity index is 248. The Labute approximate surface area is 90.2 Å². The highest BCUT2D eigenvalue weighted by Crippen LogP contribution is 2.26. The summed E-state index contributed by atoms with van der Waals surface area (Å²) in [6.07, 6.45) is 2.50. The second-order valence-electron chi connectivity index (χ2n) is 3.76. The lowest BCUT2D eigenvalue weighted by molar-refractivity contribution is -0.210. The van der Waals surface area contributed by atoms with Gasteiger partial charge in [-0.15, -0.1) is 0 Å². The van der Waals surface area contributed by atoms with Crippen molar-refractivity contribution in [3.05, 3.63) is 11.6 Å². The summed E-state index contributed by atoms with van der Waals surface area (Å²) in [5, 5.41) is 0. The molecule has 0 spiro atoms. The second-order valence-corrected chi connectivity index (χ2v) is 3.76. The third-order valence-electron chi connectivity index (χ3n) is 2.56. The highest BCUT2D eigenvalue weighted by Gasteiger charge is 2.40. The van der Waals surface area contributed by atoms with Crippen molar-refractivity contribution < 1.29 is 19.0 Å². The summed E-state index contributed by atoms with van der Waals surface area (Å²) in [4.78, 5) is 11.6. The molecule has 0 bridgehead atoms. The number of methoxy groups -OCH3 is 1. The molecule has 1 fully saturated rings. The van der Waals surface area contributed by atoms with Crippen LogP contribution in [0.15, 0.2) is 11.6 Å². The maximum atomic E-state index is 11.6. The average molecular weight is 214 g/mol. The fourth-order valence-electron chi connectivity index (χ4n) is 1.23.